The van der Waals surface area contributed by atoms with E-state index in [1.54, 1.807) is 0 Å². The van der Waals surface area contributed by atoms with Crippen LogP contribution in [0.1, 0.15) is 110 Å². The number of carbonyl (C=O) groups excluding carboxylic acids is 1. The van der Waals surface area contributed by atoms with E-state index in [-0.39, 0.29) is 12.0 Å². The van der Waals surface area contributed by atoms with Gasteiger partial charge >= 0.3 is 5.97 Å². The van der Waals surface area contributed by atoms with Crippen LogP contribution in [0.3, 0.4) is 0 Å². The maximum Gasteiger partial charge on any atom is 0.323 e. The molecule has 32 heavy (non-hydrogen) atoms. The lowest BCUT2D eigenvalue weighted by atomic mass is 9.73. The molecule has 0 aromatic heterocycles. The average molecular weight is 450 g/mol. The summed E-state index contributed by atoms with van der Waals surface area (Å²) in [4.78, 5) is 12.3. The molecule has 1 saturated heterocycles. The molecule has 4 atom stereocenters. The zero-order valence-corrected chi connectivity index (χ0v) is 20.5. The van der Waals surface area contributed by atoms with Crippen LogP contribution in [0.5, 0.6) is 0 Å². The van der Waals surface area contributed by atoms with Crippen LogP contribution < -0.4 is 5.32 Å². The van der Waals surface area contributed by atoms with Crippen LogP contribution in [0, 0.1) is 11.8 Å². The van der Waals surface area contributed by atoms with E-state index in [4.69, 9.17) is 4.74 Å². The second-order valence-electron chi connectivity index (χ2n) is 9.88. The Morgan fingerprint density at radius 1 is 0.875 bits per heavy atom. The summed E-state index contributed by atoms with van der Waals surface area (Å²) in [6.45, 7) is 3.60. The van der Waals surface area contributed by atoms with E-state index in [0.717, 1.165) is 38.6 Å². The fourth-order valence-corrected chi connectivity index (χ4v) is 5.05. The van der Waals surface area contributed by atoms with Crippen LogP contribution in [0.25, 0.3) is 0 Å². The molecule has 0 aromatic carbocycles. The zero-order valence-electron chi connectivity index (χ0n) is 20.5. The van der Waals surface area contributed by atoms with Gasteiger partial charge in [0.1, 0.15) is 12.2 Å². The minimum absolute atomic E-state index is 0.132. The molecule has 1 N–H and O–H groups in total. The van der Waals surface area contributed by atoms with Crippen LogP contribution >= 0.6 is 0 Å². The summed E-state index contributed by atoms with van der Waals surface area (Å²) in [5, 5.41) is 3.33. The number of fused-ring (bicyclic) bond motifs is 1. The Labute approximate surface area is 196 Å². The standard InChI is InChI=1S/C28H48FNO2/c1-2-3-4-5-6-7-8-9-10-11-12-13-14-15-16-17-20-32-28(31)27-22-25-21-26(29)19-18-24(25)23-30-27/h6-7,9-10,24-27,30H,2-5,8,11-23H2,1H3/b7-6-,10-9-/t24-,25+,26+,27-/m0/s1. The van der Waals surface area contributed by atoms with Crippen molar-refractivity contribution >= 4 is 5.97 Å². The Morgan fingerprint density at radius 3 is 2.31 bits per heavy atom. The van der Waals surface area contributed by atoms with Crippen molar-refractivity contribution in [2.24, 2.45) is 11.8 Å². The lowest BCUT2D eigenvalue weighted by Gasteiger charge is -2.40. The molecule has 2 fully saturated rings. The number of carbonyl (C=O) groups is 1. The Kier molecular flexibility index (Phi) is 14.7. The summed E-state index contributed by atoms with van der Waals surface area (Å²) in [5.74, 6) is 0.755. The third-order valence-corrected chi connectivity index (χ3v) is 7.11. The largest absolute Gasteiger partial charge is 0.465 e. The molecule has 3 nitrogen and oxygen atoms in total. The van der Waals surface area contributed by atoms with Gasteiger partial charge in [0.2, 0.25) is 0 Å². The van der Waals surface area contributed by atoms with Gasteiger partial charge in [-0.05, 0) is 82.6 Å². The second-order valence-corrected chi connectivity index (χ2v) is 9.88. The number of piperidine rings is 1. The molecule has 0 spiro atoms. The number of unbranched alkanes of at least 4 members (excludes halogenated alkanes) is 9. The van der Waals surface area contributed by atoms with E-state index in [1.807, 2.05) is 0 Å². The molecule has 0 aromatic rings. The number of hydrogen-bond acceptors (Lipinski definition) is 3. The minimum Gasteiger partial charge on any atom is -0.465 e. The van der Waals surface area contributed by atoms with Crippen molar-refractivity contribution < 1.29 is 13.9 Å². The predicted octanol–water partition coefficient (Wildman–Crippen LogP) is 7.46. The quantitative estimate of drug-likeness (QED) is 0.151. The van der Waals surface area contributed by atoms with Crippen molar-refractivity contribution in [3.63, 3.8) is 0 Å². The Morgan fingerprint density at radius 2 is 1.56 bits per heavy atom. The smallest absolute Gasteiger partial charge is 0.323 e. The van der Waals surface area contributed by atoms with Crippen LogP contribution in [-0.2, 0) is 9.53 Å². The summed E-state index contributed by atoms with van der Waals surface area (Å²) >= 11 is 0. The Hall–Kier alpha value is -1.16. The van der Waals surface area contributed by atoms with Gasteiger partial charge in [0.15, 0.2) is 0 Å². The highest BCUT2D eigenvalue weighted by Crippen LogP contribution is 2.37. The number of esters is 1. The molecular weight excluding hydrogens is 401 g/mol. The number of ether oxygens (including phenoxy) is 1. The fraction of sp³-hybridized carbons (Fsp3) is 0.821. The third kappa shape index (κ3) is 11.6. The number of nitrogens with one attached hydrogen (secondary N) is 1. The number of halogens is 1. The van der Waals surface area contributed by atoms with Crippen molar-refractivity contribution in [1.82, 2.24) is 5.32 Å². The first-order chi connectivity index (χ1) is 15.7. The van der Waals surface area contributed by atoms with Gasteiger partial charge in [-0.1, -0.05) is 69.8 Å². The van der Waals surface area contributed by atoms with Crippen LogP contribution in [0.15, 0.2) is 24.3 Å². The van der Waals surface area contributed by atoms with E-state index >= 15 is 0 Å². The molecular formula is C28H48FNO2. The maximum atomic E-state index is 13.7. The Bertz CT molecular complexity index is 548. The average Bonchev–Trinajstić information content (AvgIpc) is 2.80. The van der Waals surface area contributed by atoms with Crippen LogP contribution in [0.2, 0.25) is 0 Å². The van der Waals surface area contributed by atoms with Crippen LogP contribution in [0.4, 0.5) is 4.39 Å². The molecule has 184 valence electrons. The maximum absolute atomic E-state index is 13.7. The zero-order chi connectivity index (χ0) is 22.9. The molecule has 0 radical (unpaired) electrons. The first-order valence-corrected chi connectivity index (χ1v) is 13.5. The van der Waals surface area contributed by atoms with E-state index in [2.05, 4.69) is 36.5 Å². The topological polar surface area (TPSA) is 38.3 Å². The van der Waals surface area contributed by atoms with Gasteiger partial charge in [0.05, 0.1) is 6.61 Å². The molecule has 1 aliphatic heterocycles. The molecule has 2 aliphatic rings. The van der Waals surface area contributed by atoms with Crippen molar-refractivity contribution in [3.05, 3.63) is 24.3 Å². The monoisotopic (exact) mass is 449 g/mol. The van der Waals surface area contributed by atoms with Gasteiger partial charge in [-0.3, -0.25) is 4.79 Å². The lowest BCUT2D eigenvalue weighted by molar-refractivity contribution is -0.148. The van der Waals surface area contributed by atoms with Crippen molar-refractivity contribution in [2.45, 2.75) is 122 Å². The third-order valence-electron chi connectivity index (χ3n) is 7.11. The molecule has 0 unspecified atom stereocenters. The number of allylic oxidation sites excluding steroid dienone is 4. The normalized spacial score (nSPS) is 25.9. The van der Waals surface area contributed by atoms with Crippen molar-refractivity contribution in [1.29, 1.82) is 0 Å². The van der Waals surface area contributed by atoms with E-state index in [9.17, 15) is 9.18 Å². The molecule has 1 heterocycles. The summed E-state index contributed by atoms with van der Waals surface area (Å²) in [6, 6.07) is -0.230. The Balaban J connectivity index is 1.37. The highest BCUT2D eigenvalue weighted by molar-refractivity contribution is 5.75. The first kappa shape index (κ1) is 27.1. The molecule has 0 amide bonds. The first-order valence-electron chi connectivity index (χ1n) is 13.5. The van der Waals surface area contributed by atoms with Crippen molar-refractivity contribution in [2.75, 3.05) is 13.2 Å². The van der Waals surface area contributed by atoms with Crippen molar-refractivity contribution in [3.8, 4) is 0 Å². The summed E-state index contributed by atoms with van der Waals surface area (Å²) in [6.07, 6.45) is 26.1. The minimum atomic E-state index is -0.677. The number of rotatable bonds is 16. The van der Waals surface area contributed by atoms with Gasteiger partial charge < -0.3 is 10.1 Å². The second kappa shape index (κ2) is 17.3. The van der Waals surface area contributed by atoms with Gasteiger partial charge in [-0.2, -0.15) is 0 Å². The molecule has 2 rings (SSSR count). The molecule has 1 saturated carbocycles. The molecule has 0 bridgehead atoms. The lowest BCUT2D eigenvalue weighted by Crippen LogP contribution is -2.50. The SMILES string of the molecule is CCCCC/C=C\C/C=C\CCCCCCCCOC(=O)[C@@H]1C[C@H]2C[C@H](F)CC[C@H]2CN1. The highest BCUT2D eigenvalue weighted by Gasteiger charge is 2.38. The van der Waals surface area contributed by atoms with E-state index in [1.165, 1.54) is 57.8 Å². The summed E-state index contributed by atoms with van der Waals surface area (Å²) in [5.41, 5.74) is 0. The number of alkyl halides is 1. The van der Waals surface area contributed by atoms with E-state index in [0.29, 0.717) is 31.3 Å². The molecule has 4 heteroatoms. The van der Waals surface area contributed by atoms with Gasteiger partial charge in [-0.25, -0.2) is 4.39 Å². The summed E-state index contributed by atoms with van der Waals surface area (Å²) < 4.78 is 19.2. The molecule has 1 aliphatic carbocycles. The van der Waals surface area contributed by atoms with Crippen LogP contribution in [-0.4, -0.2) is 31.3 Å². The fourth-order valence-electron chi connectivity index (χ4n) is 5.05. The van der Waals surface area contributed by atoms with Gasteiger partial charge in [0, 0.05) is 0 Å². The summed E-state index contributed by atoms with van der Waals surface area (Å²) in [7, 11) is 0. The predicted molar refractivity (Wildman–Crippen MR) is 132 cm³/mol. The van der Waals surface area contributed by atoms with E-state index < -0.39 is 6.17 Å². The van der Waals surface area contributed by atoms with Gasteiger partial charge in [-0.15, -0.1) is 0 Å². The highest BCUT2D eigenvalue weighted by atomic mass is 19.1. The number of hydrogen-bond donors (Lipinski definition) is 1. The van der Waals surface area contributed by atoms with Gasteiger partial charge in [0.25, 0.3) is 0 Å².